The van der Waals surface area contributed by atoms with Crippen LogP contribution in [0.5, 0.6) is 0 Å². The summed E-state index contributed by atoms with van der Waals surface area (Å²) in [4.78, 5) is 24.7. The number of amides is 1. The first-order valence-electron chi connectivity index (χ1n) is 6.73. The molecular formula is C15H20N2O4. The second-order valence-electron chi connectivity index (χ2n) is 5.71. The van der Waals surface area contributed by atoms with Crippen LogP contribution in [0.4, 0.5) is 0 Å². The Labute approximate surface area is 124 Å². The predicted molar refractivity (Wildman–Crippen MR) is 75.0 cm³/mol. The van der Waals surface area contributed by atoms with Gasteiger partial charge in [0, 0.05) is 13.0 Å². The third-order valence-electron chi connectivity index (χ3n) is 3.03. The van der Waals surface area contributed by atoms with Gasteiger partial charge in [-0.3, -0.25) is 9.59 Å². The largest absolute Gasteiger partial charge is 0.481 e. The molecule has 0 aliphatic carbocycles. The van der Waals surface area contributed by atoms with Gasteiger partial charge in [-0.15, -0.1) is 0 Å². The normalized spacial score (nSPS) is 10.9. The van der Waals surface area contributed by atoms with E-state index in [0.717, 1.165) is 0 Å². The minimum atomic E-state index is -0.928. The summed E-state index contributed by atoms with van der Waals surface area (Å²) in [6.07, 6.45) is 1.79. The third kappa shape index (κ3) is 6.13. The van der Waals surface area contributed by atoms with Crippen molar-refractivity contribution in [1.82, 2.24) is 4.90 Å². The zero-order valence-corrected chi connectivity index (χ0v) is 12.3. The highest BCUT2D eigenvalue weighted by Gasteiger charge is 2.28. The number of rotatable bonds is 8. The molecule has 114 valence electrons. The Morgan fingerprint density at radius 1 is 1.43 bits per heavy atom. The van der Waals surface area contributed by atoms with Gasteiger partial charge >= 0.3 is 5.97 Å². The van der Waals surface area contributed by atoms with Crippen molar-refractivity contribution in [2.45, 2.75) is 39.7 Å². The Morgan fingerprint density at radius 2 is 2.14 bits per heavy atom. The van der Waals surface area contributed by atoms with Gasteiger partial charge in [-0.05, 0) is 17.5 Å². The molecule has 1 aromatic rings. The van der Waals surface area contributed by atoms with Gasteiger partial charge in [-0.2, -0.15) is 5.26 Å². The lowest BCUT2D eigenvalue weighted by Crippen LogP contribution is -2.35. The van der Waals surface area contributed by atoms with Crippen LogP contribution in [-0.2, 0) is 16.1 Å². The number of nitrogens with zero attached hydrogens (tertiary/aromatic N) is 2. The van der Waals surface area contributed by atoms with E-state index < -0.39 is 11.4 Å². The molecule has 0 atom stereocenters. The molecule has 0 saturated carbocycles. The SMILES string of the molecule is CC(C)(CC(=O)O)CC(=O)N(CCC#N)Cc1ccco1. The number of hydrogen-bond acceptors (Lipinski definition) is 4. The van der Waals surface area contributed by atoms with Crippen molar-refractivity contribution in [3.63, 3.8) is 0 Å². The van der Waals surface area contributed by atoms with E-state index in [4.69, 9.17) is 14.8 Å². The molecular weight excluding hydrogens is 272 g/mol. The van der Waals surface area contributed by atoms with E-state index in [1.54, 1.807) is 26.0 Å². The molecule has 1 N–H and O–H groups in total. The zero-order chi connectivity index (χ0) is 15.9. The maximum absolute atomic E-state index is 12.4. The van der Waals surface area contributed by atoms with Crippen LogP contribution in [0.1, 0.15) is 38.9 Å². The Balaban J connectivity index is 2.70. The van der Waals surface area contributed by atoms with Gasteiger partial charge in [0.05, 0.1) is 31.7 Å². The smallest absolute Gasteiger partial charge is 0.303 e. The predicted octanol–water partition coefficient (Wildman–Crippen LogP) is 2.41. The summed E-state index contributed by atoms with van der Waals surface area (Å²) in [6.45, 7) is 4.08. The average molecular weight is 292 g/mol. The molecule has 0 fully saturated rings. The summed E-state index contributed by atoms with van der Waals surface area (Å²) in [5.41, 5.74) is -0.628. The minimum Gasteiger partial charge on any atom is -0.481 e. The number of carboxylic acids is 1. The number of aliphatic carboxylic acids is 1. The molecule has 6 nitrogen and oxygen atoms in total. The third-order valence-corrected chi connectivity index (χ3v) is 3.03. The van der Waals surface area contributed by atoms with E-state index in [2.05, 4.69) is 0 Å². The maximum atomic E-state index is 12.4. The van der Waals surface area contributed by atoms with Gasteiger partial charge in [0.2, 0.25) is 5.91 Å². The molecule has 0 saturated heterocycles. The fourth-order valence-corrected chi connectivity index (χ4v) is 2.06. The van der Waals surface area contributed by atoms with Crippen LogP contribution in [0.2, 0.25) is 0 Å². The van der Waals surface area contributed by atoms with Crippen LogP contribution in [0.15, 0.2) is 22.8 Å². The van der Waals surface area contributed by atoms with Gasteiger partial charge < -0.3 is 14.4 Å². The Kier molecular flexibility index (Phi) is 5.97. The molecule has 0 unspecified atom stereocenters. The molecule has 1 heterocycles. The second-order valence-corrected chi connectivity index (χ2v) is 5.71. The number of nitriles is 1. The van der Waals surface area contributed by atoms with Crippen LogP contribution in [0, 0.1) is 16.7 Å². The fourth-order valence-electron chi connectivity index (χ4n) is 2.06. The van der Waals surface area contributed by atoms with Crippen molar-refractivity contribution in [2.75, 3.05) is 6.54 Å². The molecule has 0 bridgehead atoms. The van der Waals surface area contributed by atoms with Crippen molar-refractivity contribution in [1.29, 1.82) is 5.26 Å². The van der Waals surface area contributed by atoms with Crippen molar-refractivity contribution in [3.8, 4) is 6.07 Å². The topological polar surface area (TPSA) is 94.5 Å². The van der Waals surface area contributed by atoms with E-state index >= 15 is 0 Å². The van der Waals surface area contributed by atoms with Crippen LogP contribution in [0.25, 0.3) is 0 Å². The highest BCUT2D eigenvalue weighted by atomic mass is 16.4. The fraction of sp³-hybridized carbons (Fsp3) is 0.533. The number of carbonyl (C=O) groups is 2. The Hall–Kier alpha value is -2.29. The molecule has 0 aliphatic rings. The Bertz CT molecular complexity index is 514. The van der Waals surface area contributed by atoms with Crippen LogP contribution >= 0.6 is 0 Å². The van der Waals surface area contributed by atoms with E-state index in [-0.39, 0.29) is 31.7 Å². The highest BCUT2D eigenvalue weighted by Crippen LogP contribution is 2.26. The van der Waals surface area contributed by atoms with Crippen molar-refractivity contribution in [3.05, 3.63) is 24.2 Å². The average Bonchev–Trinajstić information content (AvgIpc) is 2.84. The van der Waals surface area contributed by atoms with Crippen molar-refractivity contribution >= 4 is 11.9 Å². The first-order valence-corrected chi connectivity index (χ1v) is 6.73. The quantitative estimate of drug-likeness (QED) is 0.794. The first kappa shape index (κ1) is 16.8. The van der Waals surface area contributed by atoms with E-state index in [9.17, 15) is 9.59 Å². The van der Waals surface area contributed by atoms with Crippen LogP contribution in [0.3, 0.4) is 0 Å². The van der Waals surface area contributed by atoms with E-state index in [1.165, 1.54) is 11.2 Å². The van der Waals surface area contributed by atoms with Crippen molar-refractivity contribution in [2.24, 2.45) is 5.41 Å². The molecule has 1 rings (SSSR count). The van der Waals surface area contributed by atoms with Crippen molar-refractivity contribution < 1.29 is 19.1 Å². The molecule has 6 heteroatoms. The summed E-state index contributed by atoms with van der Waals surface area (Å²) in [5, 5.41) is 17.6. The summed E-state index contributed by atoms with van der Waals surface area (Å²) in [5.74, 6) is -0.465. The molecule has 1 aromatic heterocycles. The lowest BCUT2D eigenvalue weighted by molar-refractivity contribution is -0.141. The maximum Gasteiger partial charge on any atom is 0.303 e. The van der Waals surface area contributed by atoms with Gasteiger partial charge in [-0.1, -0.05) is 13.8 Å². The van der Waals surface area contributed by atoms with Gasteiger partial charge in [0.15, 0.2) is 0 Å². The molecule has 0 aromatic carbocycles. The number of furan rings is 1. The summed E-state index contributed by atoms with van der Waals surface area (Å²) < 4.78 is 5.22. The molecule has 21 heavy (non-hydrogen) atoms. The minimum absolute atomic E-state index is 0.0778. The lowest BCUT2D eigenvalue weighted by atomic mass is 9.85. The summed E-state index contributed by atoms with van der Waals surface area (Å²) in [6, 6.07) is 5.50. The summed E-state index contributed by atoms with van der Waals surface area (Å²) >= 11 is 0. The number of carbonyl (C=O) groups excluding carboxylic acids is 1. The number of hydrogen-bond donors (Lipinski definition) is 1. The standard InChI is InChI=1S/C15H20N2O4/c1-15(2,10-14(19)20)9-13(18)17(7-4-6-16)11-12-5-3-8-21-12/h3,5,8H,4,7,9-11H2,1-2H3,(H,19,20). The van der Waals surface area contributed by atoms with Gasteiger partial charge in [-0.25, -0.2) is 0 Å². The zero-order valence-electron chi connectivity index (χ0n) is 12.3. The molecule has 0 radical (unpaired) electrons. The monoisotopic (exact) mass is 292 g/mol. The van der Waals surface area contributed by atoms with E-state index in [1.807, 2.05) is 6.07 Å². The summed E-state index contributed by atoms with van der Waals surface area (Å²) in [7, 11) is 0. The Morgan fingerprint density at radius 3 is 2.67 bits per heavy atom. The highest BCUT2D eigenvalue weighted by molar-refractivity contribution is 5.78. The molecule has 0 aliphatic heterocycles. The molecule has 1 amide bonds. The molecule has 0 spiro atoms. The van der Waals surface area contributed by atoms with Gasteiger partial charge in [0.25, 0.3) is 0 Å². The van der Waals surface area contributed by atoms with Crippen LogP contribution in [-0.4, -0.2) is 28.4 Å². The van der Waals surface area contributed by atoms with E-state index in [0.29, 0.717) is 12.3 Å². The lowest BCUT2D eigenvalue weighted by Gasteiger charge is -2.27. The van der Waals surface area contributed by atoms with Gasteiger partial charge in [0.1, 0.15) is 5.76 Å². The number of carboxylic acid groups (broad SMARTS) is 1. The first-order chi connectivity index (χ1) is 9.84. The van der Waals surface area contributed by atoms with Crippen LogP contribution < -0.4 is 0 Å². The second kappa shape index (κ2) is 7.48.